The Morgan fingerprint density at radius 1 is 0.811 bits per heavy atom. The largest absolute Gasteiger partial charge is 0.459 e. The maximum Gasteiger partial charge on any atom is 0.343 e. The summed E-state index contributed by atoms with van der Waals surface area (Å²) in [7, 11) is 0. The molecule has 0 saturated carbocycles. The summed E-state index contributed by atoms with van der Waals surface area (Å²) in [6.07, 6.45) is 5.46. The van der Waals surface area contributed by atoms with Crippen molar-refractivity contribution in [1.82, 2.24) is 5.43 Å². The molecule has 0 fully saturated rings. The number of furan rings is 1. The van der Waals surface area contributed by atoms with Gasteiger partial charge in [0.1, 0.15) is 11.5 Å². The first-order valence-corrected chi connectivity index (χ1v) is 11.2. The van der Waals surface area contributed by atoms with Crippen LogP contribution in [0.5, 0.6) is 11.5 Å². The van der Waals surface area contributed by atoms with Gasteiger partial charge in [-0.15, -0.1) is 0 Å². The molecule has 8 heteroatoms. The highest BCUT2D eigenvalue weighted by molar-refractivity contribution is 5.94. The van der Waals surface area contributed by atoms with Gasteiger partial charge in [-0.3, -0.25) is 4.79 Å². The number of amides is 1. The number of hydrazone groups is 1. The summed E-state index contributed by atoms with van der Waals surface area (Å²) in [5.41, 5.74) is 4.78. The second-order valence-electron chi connectivity index (χ2n) is 7.76. The van der Waals surface area contributed by atoms with Crippen LogP contribution in [-0.2, 0) is 4.79 Å². The molecular formula is C29H22N2O6. The first-order chi connectivity index (χ1) is 18.0. The summed E-state index contributed by atoms with van der Waals surface area (Å²) in [4.78, 5) is 36.9. The van der Waals surface area contributed by atoms with E-state index in [0.29, 0.717) is 22.4 Å². The average molecular weight is 495 g/mol. The van der Waals surface area contributed by atoms with Gasteiger partial charge in [-0.1, -0.05) is 48.0 Å². The Kier molecular flexibility index (Phi) is 8.03. The van der Waals surface area contributed by atoms with Crippen LogP contribution in [0.2, 0.25) is 0 Å². The number of para-hydroxylation sites is 2. The molecule has 4 aromatic rings. The van der Waals surface area contributed by atoms with E-state index < -0.39 is 17.8 Å². The maximum absolute atomic E-state index is 12.5. The molecule has 0 aliphatic rings. The van der Waals surface area contributed by atoms with Crippen LogP contribution in [0.4, 0.5) is 0 Å². The van der Waals surface area contributed by atoms with E-state index in [2.05, 4.69) is 10.5 Å². The van der Waals surface area contributed by atoms with Gasteiger partial charge < -0.3 is 13.9 Å². The third-order valence-corrected chi connectivity index (χ3v) is 5.05. The van der Waals surface area contributed by atoms with Crippen molar-refractivity contribution in [2.24, 2.45) is 5.10 Å². The van der Waals surface area contributed by atoms with Crippen LogP contribution < -0.4 is 14.9 Å². The lowest BCUT2D eigenvalue weighted by Gasteiger charge is -2.08. The van der Waals surface area contributed by atoms with Crippen molar-refractivity contribution in [3.8, 4) is 11.5 Å². The topological polar surface area (TPSA) is 107 Å². The minimum absolute atomic E-state index is 0.117. The molecule has 0 radical (unpaired) electrons. The normalized spacial score (nSPS) is 10.9. The molecule has 4 rings (SSSR count). The summed E-state index contributed by atoms with van der Waals surface area (Å²) in [6, 6.07) is 23.7. The molecule has 0 unspecified atom stereocenters. The molecule has 0 saturated heterocycles. The first-order valence-electron chi connectivity index (χ1n) is 11.2. The molecule has 1 amide bonds. The quantitative estimate of drug-likeness (QED) is 0.119. The zero-order chi connectivity index (χ0) is 26.0. The number of esters is 2. The summed E-state index contributed by atoms with van der Waals surface area (Å²) >= 11 is 0. The van der Waals surface area contributed by atoms with Crippen LogP contribution in [0.3, 0.4) is 0 Å². The Morgan fingerprint density at radius 2 is 1.49 bits per heavy atom. The zero-order valence-corrected chi connectivity index (χ0v) is 19.8. The molecule has 37 heavy (non-hydrogen) atoms. The molecule has 1 N–H and O–H groups in total. The number of nitrogens with zero attached hydrogens (tertiary/aromatic N) is 1. The Bertz CT molecular complexity index is 1450. The number of ether oxygens (including phenoxy) is 2. The van der Waals surface area contributed by atoms with Crippen LogP contribution >= 0.6 is 0 Å². The van der Waals surface area contributed by atoms with Crippen molar-refractivity contribution >= 4 is 30.1 Å². The van der Waals surface area contributed by atoms with Gasteiger partial charge in [0.25, 0.3) is 0 Å². The van der Waals surface area contributed by atoms with E-state index in [1.165, 1.54) is 30.7 Å². The van der Waals surface area contributed by atoms with Gasteiger partial charge in [0.05, 0.1) is 18.0 Å². The summed E-state index contributed by atoms with van der Waals surface area (Å²) in [6.45, 7) is 1.93. The lowest BCUT2D eigenvalue weighted by molar-refractivity contribution is -0.128. The van der Waals surface area contributed by atoms with Crippen molar-refractivity contribution in [2.75, 3.05) is 0 Å². The van der Waals surface area contributed by atoms with Crippen molar-refractivity contribution in [2.45, 2.75) is 6.92 Å². The number of hydrogen-bond donors (Lipinski definition) is 1. The number of aryl methyl sites for hydroxylation is 1. The van der Waals surface area contributed by atoms with Crippen molar-refractivity contribution in [3.63, 3.8) is 0 Å². The molecule has 3 aromatic carbocycles. The standard InChI is InChI=1S/C29H22N2O6/c1-20-12-14-22(15-13-20)29(34)37-24-9-4-2-7-21(24)16-17-27(32)36-25-10-5-3-8-23(25)19-30-31-28(33)26-11-6-18-35-26/h2-19H,1H3,(H,31,33)/b17-16+,30-19+. The van der Waals surface area contributed by atoms with Gasteiger partial charge in [-0.2, -0.15) is 5.10 Å². The summed E-state index contributed by atoms with van der Waals surface area (Å²) in [5.74, 6) is -1.01. The van der Waals surface area contributed by atoms with Gasteiger partial charge in [0, 0.05) is 17.2 Å². The molecule has 0 aliphatic carbocycles. The smallest absolute Gasteiger partial charge is 0.343 e. The second kappa shape index (κ2) is 11.9. The maximum atomic E-state index is 12.5. The van der Waals surface area contributed by atoms with Gasteiger partial charge >= 0.3 is 17.8 Å². The fourth-order valence-electron chi connectivity index (χ4n) is 3.16. The number of carbonyl (C=O) groups is 3. The average Bonchev–Trinajstić information content (AvgIpc) is 3.45. The fraction of sp³-hybridized carbons (Fsp3) is 0.0345. The number of nitrogens with one attached hydrogen (secondary N) is 1. The Labute approximate surface area is 212 Å². The van der Waals surface area contributed by atoms with E-state index in [4.69, 9.17) is 13.9 Å². The number of benzene rings is 3. The number of hydrogen-bond acceptors (Lipinski definition) is 7. The van der Waals surface area contributed by atoms with Crippen LogP contribution in [0.15, 0.2) is 107 Å². The molecular weight excluding hydrogens is 472 g/mol. The van der Waals surface area contributed by atoms with E-state index >= 15 is 0 Å². The van der Waals surface area contributed by atoms with Gasteiger partial charge in [-0.25, -0.2) is 15.0 Å². The lowest BCUT2D eigenvalue weighted by atomic mass is 10.1. The van der Waals surface area contributed by atoms with Crippen LogP contribution in [0.1, 0.15) is 37.6 Å². The Balaban J connectivity index is 1.41. The minimum Gasteiger partial charge on any atom is -0.459 e. The van der Waals surface area contributed by atoms with E-state index in [1.54, 1.807) is 66.7 Å². The van der Waals surface area contributed by atoms with E-state index in [0.717, 1.165) is 5.56 Å². The lowest BCUT2D eigenvalue weighted by Crippen LogP contribution is -2.16. The van der Waals surface area contributed by atoms with Gasteiger partial charge in [-0.05, 0) is 55.5 Å². The van der Waals surface area contributed by atoms with Crippen molar-refractivity contribution < 1.29 is 28.3 Å². The third-order valence-electron chi connectivity index (χ3n) is 5.05. The minimum atomic E-state index is -0.653. The predicted octanol–water partition coefficient (Wildman–Crippen LogP) is 5.19. The van der Waals surface area contributed by atoms with Gasteiger partial charge in [0.15, 0.2) is 5.76 Å². The third kappa shape index (κ3) is 6.89. The molecule has 1 aromatic heterocycles. The van der Waals surface area contributed by atoms with Crippen LogP contribution in [0, 0.1) is 6.92 Å². The first kappa shape index (κ1) is 24.9. The van der Waals surface area contributed by atoms with E-state index in [-0.39, 0.29) is 11.5 Å². The molecule has 0 atom stereocenters. The Morgan fingerprint density at radius 3 is 2.19 bits per heavy atom. The van der Waals surface area contributed by atoms with Crippen molar-refractivity contribution in [1.29, 1.82) is 0 Å². The molecule has 0 aliphatic heterocycles. The zero-order valence-electron chi connectivity index (χ0n) is 19.8. The van der Waals surface area contributed by atoms with Crippen molar-refractivity contribution in [3.05, 3.63) is 125 Å². The summed E-state index contributed by atoms with van der Waals surface area (Å²) < 4.78 is 16.0. The van der Waals surface area contributed by atoms with E-state index in [9.17, 15) is 14.4 Å². The summed E-state index contributed by atoms with van der Waals surface area (Å²) in [5, 5.41) is 3.89. The number of rotatable bonds is 8. The predicted molar refractivity (Wildman–Crippen MR) is 137 cm³/mol. The SMILES string of the molecule is Cc1ccc(C(=O)Oc2ccccc2/C=C/C(=O)Oc2ccccc2/C=N/NC(=O)c2ccco2)cc1. The van der Waals surface area contributed by atoms with E-state index in [1.807, 2.05) is 19.1 Å². The molecule has 184 valence electrons. The highest BCUT2D eigenvalue weighted by Crippen LogP contribution is 2.22. The van der Waals surface area contributed by atoms with Gasteiger partial charge in [0.2, 0.25) is 0 Å². The molecule has 1 heterocycles. The van der Waals surface area contributed by atoms with Crippen LogP contribution in [-0.4, -0.2) is 24.1 Å². The number of carbonyl (C=O) groups excluding carboxylic acids is 3. The highest BCUT2D eigenvalue weighted by Gasteiger charge is 2.11. The highest BCUT2D eigenvalue weighted by atomic mass is 16.5. The second-order valence-corrected chi connectivity index (χ2v) is 7.76. The monoisotopic (exact) mass is 494 g/mol. The fourth-order valence-corrected chi connectivity index (χ4v) is 3.16. The van der Waals surface area contributed by atoms with Crippen LogP contribution in [0.25, 0.3) is 6.08 Å². The Hall–Kier alpha value is -5.24. The molecule has 0 bridgehead atoms. The molecule has 0 spiro atoms. The molecule has 8 nitrogen and oxygen atoms in total.